The number of amides is 2. The summed E-state index contributed by atoms with van der Waals surface area (Å²) in [6.45, 7) is 3.80. The molecule has 2 aromatic rings. The number of anilines is 1. The summed E-state index contributed by atoms with van der Waals surface area (Å²) in [5, 5.41) is 3.04. The van der Waals surface area contributed by atoms with E-state index in [2.05, 4.69) is 28.4 Å². The molecule has 0 radical (unpaired) electrons. The molecule has 4 rings (SSSR count). The van der Waals surface area contributed by atoms with Crippen molar-refractivity contribution in [1.29, 1.82) is 0 Å². The molecule has 2 amide bonds. The van der Waals surface area contributed by atoms with Gasteiger partial charge in [0.05, 0.1) is 6.54 Å². The maximum absolute atomic E-state index is 12.7. The van der Waals surface area contributed by atoms with Crippen LogP contribution in [0.1, 0.15) is 42.7 Å². The van der Waals surface area contributed by atoms with Gasteiger partial charge in [-0.25, -0.2) is 0 Å². The molecule has 0 aromatic heterocycles. The first kappa shape index (κ1) is 19.6. The third-order valence-electron chi connectivity index (χ3n) is 5.95. The quantitative estimate of drug-likeness (QED) is 0.818. The Hall–Kier alpha value is -2.66. The lowest BCUT2D eigenvalue weighted by atomic mass is 9.99. The number of para-hydroxylation sites is 1. The molecule has 0 bridgehead atoms. The molecule has 29 heavy (non-hydrogen) atoms. The van der Waals surface area contributed by atoms with Gasteiger partial charge in [-0.05, 0) is 43.1 Å². The van der Waals surface area contributed by atoms with Crippen LogP contribution in [0, 0.1) is 0 Å². The summed E-state index contributed by atoms with van der Waals surface area (Å²) in [6.07, 6.45) is 4.27. The molecule has 1 unspecified atom stereocenters. The van der Waals surface area contributed by atoms with Crippen LogP contribution in [0.15, 0.2) is 54.6 Å². The number of rotatable bonds is 6. The lowest BCUT2D eigenvalue weighted by Crippen LogP contribution is -2.34. The number of hydrogen-bond donors (Lipinski definition) is 1. The molecule has 2 saturated heterocycles. The molecular formula is C24H29N3O2. The van der Waals surface area contributed by atoms with Crippen LogP contribution in [0.25, 0.3) is 0 Å². The minimum Gasteiger partial charge on any atom is -0.333 e. The molecule has 2 aliphatic rings. The minimum atomic E-state index is -0.127. The Morgan fingerprint density at radius 2 is 1.69 bits per heavy atom. The molecule has 5 nitrogen and oxygen atoms in total. The first-order chi connectivity index (χ1) is 14.2. The maximum Gasteiger partial charge on any atom is 0.244 e. The first-order valence-corrected chi connectivity index (χ1v) is 10.6. The smallest absolute Gasteiger partial charge is 0.244 e. The van der Waals surface area contributed by atoms with Crippen LogP contribution in [0.3, 0.4) is 0 Å². The molecule has 2 fully saturated rings. The van der Waals surface area contributed by atoms with Gasteiger partial charge in [0.1, 0.15) is 0 Å². The molecule has 1 atom stereocenters. The summed E-state index contributed by atoms with van der Waals surface area (Å²) in [7, 11) is 0. The summed E-state index contributed by atoms with van der Waals surface area (Å²) in [5.41, 5.74) is 3.16. The van der Waals surface area contributed by atoms with Gasteiger partial charge in [0, 0.05) is 31.1 Å². The zero-order valence-electron chi connectivity index (χ0n) is 16.8. The predicted molar refractivity (Wildman–Crippen MR) is 115 cm³/mol. The van der Waals surface area contributed by atoms with E-state index in [9.17, 15) is 9.59 Å². The fraction of sp³-hybridized carbons (Fsp3) is 0.417. The summed E-state index contributed by atoms with van der Waals surface area (Å²) in [4.78, 5) is 29.2. The number of carbonyl (C=O) groups is 2. The van der Waals surface area contributed by atoms with Crippen molar-refractivity contribution < 1.29 is 9.59 Å². The molecule has 152 valence electrons. The number of piperidine rings is 1. The topological polar surface area (TPSA) is 52.7 Å². The second kappa shape index (κ2) is 9.23. The Labute approximate surface area is 172 Å². The average molecular weight is 392 g/mol. The van der Waals surface area contributed by atoms with Crippen LogP contribution in [-0.4, -0.2) is 47.8 Å². The van der Waals surface area contributed by atoms with Crippen molar-refractivity contribution in [3.63, 3.8) is 0 Å². The predicted octanol–water partition coefficient (Wildman–Crippen LogP) is 3.63. The van der Waals surface area contributed by atoms with Gasteiger partial charge in [0.15, 0.2) is 0 Å². The standard InChI is InChI=1S/C24H29N3O2/c28-23(18-27-17-21(15-24(27)29)19-9-3-1-4-10-19)25-22-12-6-5-11-20(22)16-26-13-7-2-8-14-26/h1,3-6,9-12,21H,2,7-8,13-18H2,(H,25,28). The van der Waals surface area contributed by atoms with Gasteiger partial charge in [-0.3, -0.25) is 14.5 Å². The Morgan fingerprint density at radius 3 is 2.48 bits per heavy atom. The van der Waals surface area contributed by atoms with Crippen LogP contribution < -0.4 is 5.32 Å². The van der Waals surface area contributed by atoms with Gasteiger partial charge < -0.3 is 10.2 Å². The second-order valence-corrected chi connectivity index (χ2v) is 8.13. The van der Waals surface area contributed by atoms with E-state index in [1.165, 1.54) is 19.3 Å². The van der Waals surface area contributed by atoms with E-state index in [1.54, 1.807) is 4.90 Å². The molecule has 2 aliphatic heterocycles. The molecule has 0 aliphatic carbocycles. The largest absolute Gasteiger partial charge is 0.333 e. The number of carbonyl (C=O) groups excluding carboxylic acids is 2. The van der Waals surface area contributed by atoms with Gasteiger partial charge in [-0.15, -0.1) is 0 Å². The molecule has 5 heteroatoms. The zero-order valence-corrected chi connectivity index (χ0v) is 16.8. The van der Waals surface area contributed by atoms with Crippen LogP contribution >= 0.6 is 0 Å². The summed E-state index contributed by atoms with van der Waals surface area (Å²) >= 11 is 0. The highest BCUT2D eigenvalue weighted by Gasteiger charge is 2.31. The van der Waals surface area contributed by atoms with E-state index in [1.807, 2.05) is 36.4 Å². The van der Waals surface area contributed by atoms with Gasteiger partial charge in [-0.2, -0.15) is 0 Å². The third kappa shape index (κ3) is 5.04. The lowest BCUT2D eigenvalue weighted by Gasteiger charge is -2.27. The van der Waals surface area contributed by atoms with Crippen LogP contribution in [0.4, 0.5) is 5.69 Å². The van der Waals surface area contributed by atoms with Crippen molar-refractivity contribution in [3.05, 3.63) is 65.7 Å². The highest BCUT2D eigenvalue weighted by atomic mass is 16.2. The average Bonchev–Trinajstić information content (AvgIpc) is 3.11. The molecule has 0 spiro atoms. The van der Waals surface area contributed by atoms with Crippen molar-refractivity contribution in [3.8, 4) is 0 Å². The molecule has 1 N–H and O–H groups in total. The van der Waals surface area contributed by atoms with Crippen LogP contribution in [-0.2, 0) is 16.1 Å². The number of benzene rings is 2. The van der Waals surface area contributed by atoms with E-state index in [0.29, 0.717) is 13.0 Å². The molecular weight excluding hydrogens is 362 g/mol. The van der Waals surface area contributed by atoms with Gasteiger partial charge in [0.25, 0.3) is 0 Å². The van der Waals surface area contributed by atoms with Gasteiger partial charge >= 0.3 is 0 Å². The molecule has 2 heterocycles. The highest BCUT2D eigenvalue weighted by molar-refractivity contribution is 5.95. The molecule has 2 aromatic carbocycles. The van der Waals surface area contributed by atoms with E-state index < -0.39 is 0 Å². The minimum absolute atomic E-state index is 0.0515. The third-order valence-corrected chi connectivity index (χ3v) is 5.95. The summed E-state index contributed by atoms with van der Waals surface area (Å²) in [5.74, 6) is 0.0941. The Bertz CT molecular complexity index is 846. The second-order valence-electron chi connectivity index (χ2n) is 8.13. The van der Waals surface area contributed by atoms with Gasteiger partial charge in [-0.1, -0.05) is 55.0 Å². The van der Waals surface area contributed by atoms with Crippen LogP contribution in [0.5, 0.6) is 0 Å². The van der Waals surface area contributed by atoms with Crippen molar-refractivity contribution in [2.75, 3.05) is 31.5 Å². The lowest BCUT2D eigenvalue weighted by molar-refractivity contribution is -0.131. The summed E-state index contributed by atoms with van der Waals surface area (Å²) < 4.78 is 0. The van der Waals surface area contributed by atoms with Crippen molar-refractivity contribution >= 4 is 17.5 Å². The summed E-state index contributed by atoms with van der Waals surface area (Å²) in [6, 6.07) is 18.1. The first-order valence-electron chi connectivity index (χ1n) is 10.6. The van der Waals surface area contributed by atoms with Crippen molar-refractivity contribution in [2.24, 2.45) is 0 Å². The SMILES string of the molecule is O=C(CN1CC(c2ccccc2)CC1=O)Nc1ccccc1CN1CCCCC1. The number of hydrogen-bond acceptors (Lipinski definition) is 3. The van der Waals surface area contributed by atoms with Crippen LogP contribution in [0.2, 0.25) is 0 Å². The number of likely N-dealkylation sites (tertiary alicyclic amines) is 2. The highest BCUT2D eigenvalue weighted by Crippen LogP contribution is 2.28. The molecule has 0 saturated carbocycles. The zero-order chi connectivity index (χ0) is 20.1. The Kier molecular flexibility index (Phi) is 6.25. The maximum atomic E-state index is 12.7. The monoisotopic (exact) mass is 391 g/mol. The van der Waals surface area contributed by atoms with Crippen molar-refractivity contribution in [1.82, 2.24) is 9.80 Å². The van der Waals surface area contributed by atoms with Gasteiger partial charge in [0.2, 0.25) is 11.8 Å². The number of nitrogens with one attached hydrogen (secondary N) is 1. The van der Waals surface area contributed by atoms with E-state index >= 15 is 0 Å². The fourth-order valence-corrected chi connectivity index (χ4v) is 4.38. The van der Waals surface area contributed by atoms with Crippen molar-refractivity contribution in [2.45, 2.75) is 38.1 Å². The fourth-order valence-electron chi connectivity index (χ4n) is 4.38. The van der Waals surface area contributed by atoms with E-state index in [4.69, 9.17) is 0 Å². The normalized spacial score (nSPS) is 20.1. The van der Waals surface area contributed by atoms with E-state index in [-0.39, 0.29) is 24.3 Å². The Balaban J connectivity index is 1.36. The van der Waals surface area contributed by atoms with E-state index in [0.717, 1.165) is 36.4 Å². The number of nitrogens with zero attached hydrogens (tertiary/aromatic N) is 2. The Morgan fingerprint density at radius 1 is 0.966 bits per heavy atom.